The highest BCUT2D eigenvalue weighted by Crippen LogP contribution is 2.23. The molecule has 1 rings (SSSR count). The molecule has 10 heavy (non-hydrogen) atoms. The number of rotatable bonds is 1. The summed E-state index contributed by atoms with van der Waals surface area (Å²) in [5.74, 6) is -0.631. The lowest BCUT2D eigenvalue weighted by molar-refractivity contribution is -0.142. The molecule has 1 fully saturated rings. The van der Waals surface area contributed by atoms with Gasteiger partial charge in [0.25, 0.3) is 0 Å². The summed E-state index contributed by atoms with van der Waals surface area (Å²) in [4.78, 5) is 10.4. The summed E-state index contributed by atoms with van der Waals surface area (Å²) in [6.45, 7) is 0. The lowest BCUT2D eigenvalue weighted by Crippen LogP contribution is -2.16. The average Bonchev–Trinajstić information content (AvgIpc) is 1.90. The number of carboxylic acid groups (broad SMARTS) is 1. The van der Waals surface area contributed by atoms with Crippen LogP contribution in [0.25, 0.3) is 0 Å². The molecule has 3 nitrogen and oxygen atoms in total. The molecule has 1 aliphatic rings. The largest absolute Gasteiger partial charge is 0.481 e. The molecule has 4 N–H and O–H groups in total. The van der Waals surface area contributed by atoms with Gasteiger partial charge < -0.3 is 11.3 Å². The summed E-state index contributed by atoms with van der Waals surface area (Å²) in [6, 6.07) is 0. The van der Waals surface area contributed by atoms with Crippen molar-refractivity contribution in [2.75, 3.05) is 0 Å². The molecule has 0 saturated heterocycles. The first-order valence-corrected chi connectivity index (χ1v) is 3.53. The second kappa shape index (κ2) is 4.28. The van der Waals surface area contributed by atoms with Crippen LogP contribution in [-0.4, -0.2) is 11.1 Å². The molecule has 0 radical (unpaired) electrons. The van der Waals surface area contributed by atoms with E-state index in [4.69, 9.17) is 5.11 Å². The first-order chi connectivity index (χ1) is 4.30. The minimum Gasteiger partial charge on any atom is -0.481 e. The van der Waals surface area contributed by atoms with Crippen LogP contribution in [0.1, 0.15) is 32.1 Å². The molecular formula is C7H15NO2. The minimum atomic E-state index is -0.602. The molecular weight excluding hydrogens is 130 g/mol. The van der Waals surface area contributed by atoms with Crippen molar-refractivity contribution in [2.24, 2.45) is 5.92 Å². The predicted molar refractivity (Wildman–Crippen MR) is 39.2 cm³/mol. The first-order valence-electron chi connectivity index (χ1n) is 3.53. The zero-order valence-corrected chi connectivity index (χ0v) is 6.18. The monoisotopic (exact) mass is 145 g/mol. The molecule has 3 heteroatoms. The van der Waals surface area contributed by atoms with Gasteiger partial charge in [-0.05, 0) is 12.8 Å². The van der Waals surface area contributed by atoms with Crippen LogP contribution in [0.3, 0.4) is 0 Å². The number of carbonyl (C=O) groups is 1. The third kappa shape index (κ3) is 2.35. The minimum absolute atomic E-state index is 0. The van der Waals surface area contributed by atoms with Gasteiger partial charge in [-0.15, -0.1) is 0 Å². The highest BCUT2D eigenvalue weighted by molar-refractivity contribution is 5.69. The Bertz CT molecular complexity index is 108. The predicted octanol–water partition coefficient (Wildman–Crippen LogP) is 1.81. The zero-order valence-electron chi connectivity index (χ0n) is 6.18. The molecule has 0 unspecified atom stereocenters. The molecule has 1 saturated carbocycles. The molecule has 60 valence electrons. The summed E-state index contributed by atoms with van der Waals surface area (Å²) in [5, 5.41) is 8.54. The Labute approximate surface area is 61.0 Å². The lowest BCUT2D eigenvalue weighted by Gasteiger charge is -2.16. The standard InChI is InChI=1S/C7H12O2.H3N/c8-7(9)6-4-2-1-3-5-6;/h6H,1-5H2,(H,8,9);1H3. The van der Waals surface area contributed by atoms with Gasteiger partial charge in [0.05, 0.1) is 5.92 Å². The van der Waals surface area contributed by atoms with E-state index < -0.39 is 5.97 Å². The van der Waals surface area contributed by atoms with Gasteiger partial charge in [0.2, 0.25) is 0 Å². The summed E-state index contributed by atoms with van der Waals surface area (Å²) >= 11 is 0. The molecule has 1 aliphatic carbocycles. The van der Waals surface area contributed by atoms with E-state index in [1.807, 2.05) is 0 Å². The zero-order chi connectivity index (χ0) is 6.69. The van der Waals surface area contributed by atoms with Crippen molar-refractivity contribution in [1.29, 1.82) is 0 Å². The van der Waals surface area contributed by atoms with Gasteiger partial charge in [0.15, 0.2) is 0 Å². The molecule has 0 amide bonds. The Kier molecular flexibility index (Phi) is 4.03. The third-order valence-electron chi connectivity index (χ3n) is 1.95. The van der Waals surface area contributed by atoms with Gasteiger partial charge in [-0.2, -0.15) is 0 Å². The molecule has 0 heterocycles. The van der Waals surface area contributed by atoms with Crippen LogP contribution in [0.4, 0.5) is 0 Å². The number of carboxylic acids is 1. The van der Waals surface area contributed by atoms with Crippen LogP contribution < -0.4 is 6.15 Å². The van der Waals surface area contributed by atoms with E-state index in [2.05, 4.69) is 0 Å². The highest BCUT2D eigenvalue weighted by atomic mass is 16.4. The van der Waals surface area contributed by atoms with Crippen molar-refractivity contribution in [3.8, 4) is 0 Å². The van der Waals surface area contributed by atoms with Gasteiger partial charge in [0.1, 0.15) is 0 Å². The fourth-order valence-corrected chi connectivity index (χ4v) is 1.35. The summed E-state index contributed by atoms with van der Waals surface area (Å²) in [6.07, 6.45) is 5.24. The quantitative estimate of drug-likeness (QED) is 0.591. The molecule has 0 aromatic rings. The molecule has 0 aliphatic heterocycles. The Morgan fingerprint density at radius 3 is 2.00 bits per heavy atom. The second-order valence-electron chi connectivity index (χ2n) is 2.67. The maximum absolute atomic E-state index is 10.4. The molecule has 0 atom stereocenters. The highest BCUT2D eigenvalue weighted by Gasteiger charge is 2.19. The summed E-state index contributed by atoms with van der Waals surface area (Å²) < 4.78 is 0. The summed E-state index contributed by atoms with van der Waals surface area (Å²) in [5.41, 5.74) is 0. The maximum atomic E-state index is 10.4. The van der Waals surface area contributed by atoms with E-state index in [-0.39, 0.29) is 12.1 Å². The van der Waals surface area contributed by atoms with Crippen molar-refractivity contribution < 1.29 is 9.90 Å². The van der Waals surface area contributed by atoms with Crippen molar-refractivity contribution in [2.45, 2.75) is 32.1 Å². The summed E-state index contributed by atoms with van der Waals surface area (Å²) in [7, 11) is 0. The van der Waals surface area contributed by atoms with Crippen LogP contribution in [0.2, 0.25) is 0 Å². The van der Waals surface area contributed by atoms with E-state index in [0.717, 1.165) is 25.7 Å². The van der Waals surface area contributed by atoms with Crippen LogP contribution in [0.5, 0.6) is 0 Å². The van der Waals surface area contributed by atoms with Crippen LogP contribution in [-0.2, 0) is 4.79 Å². The Balaban J connectivity index is 0.000000810. The van der Waals surface area contributed by atoms with Crippen molar-refractivity contribution in [1.82, 2.24) is 6.15 Å². The van der Waals surface area contributed by atoms with Crippen LogP contribution in [0, 0.1) is 5.92 Å². The topological polar surface area (TPSA) is 72.3 Å². The number of hydrogen-bond donors (Lipinski definition) is 2. The fraction of sp³-hybridized carbons (Fsp3) is 0.857. The third-order valence-corrected chi connectivity index (χ3v) is 1.95. The van der Waals surface area contributed by atoms with E-state index in [1.165, 1.54) is 6.42 Å². The first kappa shape index (κ1) is 9.43. The average molecular weight is 145 g/mol. The normalized spacial score (nSPS) is 19.6. The molecule has 0 bridgehead atoms. The van der Waals surface area contributed by atoms with Crippen LogP contribution >= 0.6 is 0 Å². The van der Waals surface area contributed by atoms with Gasteiger partial charge in [-0.3, -0.25) is 4.79 Å². The van der Waals surface area contributed by atoms with E-state index in [9.17, 15) is 4.79 Å². The van der Waals surface area contributed by atoms with Gasteiger partial charge in [-0.25, -0.2) is 0 Å². The molecule has 0 spiro atoms. The van der Waals surface area contributed by atoms with E-state index in [1.54, 1.807) is 0 Å². The second-order valence-corrected chi connectivity index (χ2v) is 2.67. The molecule has 0 aromatic carbocycles. The fourth-order valence-electron chi connectivity index (χ4n) is 1.35. The Morgan fingerprint density at radius 2 is 1.70 bits per heavy atom. The van der Waals surface area contributed by atoms with E-state index >= 15 is 0 Å². The maximum Gasteiger partial charge on any atom is 0.306 e. The van der Waals surface area contributed by atoms with Gasteiger partial charge >= 0.3 is 5.97 Å². The smallest absolute Gasteiger partial charge is 0.306 e. The number of hydrogen-bond acceptors (Lipinski definition) is 2. The van der Waals surface area contributed by atoms with Crippen LogP contribution in [0.15, 0.2) is 0 Å². The molecule has 0 aromatic heterocycles. The van der Waals surface area contributed by atoms with E-state index in [0.29, 0.717) is 0 Å². The van der Waals surface area contributed by atoms with Crippen molar-refractivity contribution >= 4 is 5.97 Å². The van der Waals surface area contributed by atoms with Gasteiger partial charge in [0, 0.05) is 0 Å². The van der Waals surface area contributed by atoms with Crippen molar-refractivity contribution in [3.05, 3.63) is 0 Å². The van der Waals surface area contributed by atoms with Gasteiger partial charge in [-0.1, -0.05) is 19.3 Å². The SMILES string of the molecule is N.O=C(O)C1CCCCC1. The Morgan fingerprint density at radius 1 is 1.20 bits per heavy atom. The van der Waals surface area contributed by atoms with Crippen molar-refractivity contribution in [3.63, 3.8) is 0 Å². The lowest BCUT2D eigenvalue weighted by atomic mass is 9.90. The number of aliphatic carboxylic acids is 1. The Hall–Kier alpha value is -0.570.